The molecule has 3 aromatic carbocycles. The smallest absolute Gasteiger partial charge is 0.0338 e. The van der Waals surface area contributed by atoms with Gasteiger partial charge in [0.1, 0.15) is 0 Å². The van der Waals surface area contributed by atoms with Gasteiger partial charge in [0.15, 0.2) is 0 Å². The monoisotopic (exact) mass is 273 g/mol. The summed E-state index contributed by atoms with van der Waals surface area (Å²) in [6, 6.07) is 21.7. The van der Waals surface area contributed by atoms with Gasteiger partial charge >= 0.3 is 0 Å². The van der Waals surface area contributed by atoms with Crippen molar-refractivity contribution in [2.45, 2.75) is 25.3 Å². The summed E-state index contributed by atoms with van der Waals surface area (Å²) in [5, 5.41) is 2.81. The predicted octanol–water partition coefficient (Wildman–Crippen LogP) is 4.18. The predicted molar refractivity (Wildman–Crippen MR) is 88.4 cm³/mol. The molecule has 2 N–H and O–H groups in total. The molecule has 0 aromatic heterocycles. The molecule has 4 rings (SSSR count). The van der Waals surface area contributed by atoms with Crippen molar-refractivity contribution >= 4 is 10.8 Å². The number of hydrogen-bond acceptors (Lipinski definition) is 1. The van der Waals surface area contributed by atoms with Crippen LogP contribution in [0.3, 0.4) is 0 Å². The number of rotatable bonds is 3. The zero-order valence-electron chi connectivity index (χ0n) is 12.0. The molecule has 0 spiro atoms. The molecule has 0 aliphatic heterocycles. The second kappa shape index (κ2) is 5.01. The zero-order valence-corrected chi connectivity index (χ0v) is 12.0. The summed E-state index contributed by atoms with van der Waals surface area (Å²) >= 11 is 0. The molecular weight excluding hydrogens is 254 g/mol. The first-order chi connectivity index (χ1) is 10.3. The number of aryl methyl sites for hydroxylation is 2. The molecule has 1 atom stereocenters. The molecule has 0 saturated carbocycles. The minimum Gasteiger partial charge on any atom is -0.324 e. The topological polar surface area (TPSA) is 26.0 Å². The second-order valence-corrected chi connectivity index (χ2v) is 5.94. The van der Waals surface area contributed by atoms with E-state index in [-0.39, 0.29) is 6.04 Å². The number of hydrogen-bond donors (Lipinski definition) is 1. The molecule has 0 saturated heterocycles. The first-order valence-electron chi connectivity index (χ1n) is 7.66. The van der Waals surface area contributed by atoms with Crippen LogP contribution < -0.4 is 5.73 Å². The molecule has 0 fully saturated rings. The van der Waals surface area contributed by atoms with Crippen LogP contribution in [0, 0.1) is 0 Å². The van der Waals surface area contributed by atoms with E-state index in [1.54, 1.807) is 0 Å². The van der Waals surface area contributed by atoms with Crippen molar-refractivity contribution in [3.63, 3.8) is 0 Å². The normalized spacial score (nSPS) is 14.5. The van der Waals surface area contributed by atoms with Crippen molar-refractivity contribution in [2.24, 2.45) is 5.73 Å². The Labute approximate surface area is 125 Å². The zero-order chi connectivity index (χ0) is 14.2. The largest absolute Gasteiger partial charge is 0.324 e. The van der Waals surface area contributed by atoms with Gasteiger partial charge < -0.3 is 5.73 Å². The van der Waals surface area contributed by atoms with Gasteiger partial charge in [-0.15, -0.1) is 0 Å². The molecule has 1 nitrogen and oxygen atoms in total. The lowest BCUT2D eigenvalue weighted by atomic mass is 9.92. The fourth-order valence-electron chi connectivity index (χ4n) is 3.61. The Morgan fingerprint density at radius 2 is 1.71 bits per heavy atom. The maximum atomic E-state index is 6.52. The minimum absolute atomic E-state index is 0.0814. The van der Waals surface area contributed by atoms with Crippen LogP contribution in [0.1, 0.15) is 28.3 Å². The van der Waals surface area contributed by atoms with Gasteiger partial charge in [-0.25, -0.2) is 0 Å². The fourth-order valence-corrected chi connectivity index (χ4v) is 3.61. The van der Waals surface area contributed by atoms with Crippen LogP contribution in [-0.4, -0.2) is 0 Å². The Morgan fingerprint density at radius 3 is 2.57 bits per heavy atom. The van der Waals surface area contributed by atoms with Crippen molar-refractivity contribution in [3.8, 4) is 0 Å². The summed E-state index contributed by atoms with van der Waals surface area (Å²) < 4.78 is 0. The third-order valence-electron chi connectivity index (χ3n) is 4.62. The molecule has 0 heterocycles. The number of benzene rings is 3. The van der Waals surface area contributed by atoms with Crippen LogP contribution in [0.4, 0.5) is 0 Å². The highest BCUT2D eigenvalue weighted by Gasteiger charge is 2.20. The Kier molecular flexibility index (Phi) is 3.01. The van der Waals surface area contributed by atoms with Gasteiger partial charge in [0.25, 0.3) is 0 Å². The standard InChI is InChI=1S/C20H19N/c21-19(13-14-5-2-1-3-6-14)17-11-9-15-7-4-8-16-10-12-18(17)20(15)16/h1-9,11,19H,10,12-13,21H2. The van der Waals surface area contributed by atoms with Crippen LogP contribution in [0.15, 0.2) is 60.7 Å². The van der Waals surface area contributed by atoms with Gasteiger partial charge in [-0.05, 0) is 52.3 Å². The molecule has 1 aliphatic carbocycles. The summed E-state index contributed by atoms with van der Waals surface area (Å²) in [7, 11) is 0. The van der Waals surface area contributed by atoms with E-state index in [1.807, 2.05) is 0 Å². The molecule has 0 amide bonds. The van der Waals surface area contributed by atoms with Gasteiger partial charge in [0.05, 0.1) is 0 Å². The van der Waals surface area contributed by atoms with E-state index in [0.717, 1.165) is 19.3 Å². The Bertz CT molecular complexity index is 790. The van der Waals surface area contributed by atoms with Crippen molar-refractivity contribution < 1.29 is 0 Å². The van der Waals surface area contributed by atoms with Gasteiger partial charge in [0, 0.05) is 6.04 Å². The van der Waals surface area contributed by atoms with Crippen LogP contribution >= 0.6 is 0 Å². The Morgan fingerprint density at radius 1 is 0.857 bits per heavy atom. The van der Waals surface area contributed by atoms with E-state index in [9.17, 15) is 0 Å². The second-order valence-electron chi connectivity index (χ2n) is 5.94. The van der Waals surface area contributed by atoms with Crippen molar-refractivity contribution in [3.05, 3.63) is 82.9 Å². The summed E-state index contributed by atoms with van der Waals surface area (Å²) in [5.41, 5.74) is 12.1. The maximum absolute atomic E-state index is 6.52. The minimum atomic E-state index is 0.0814. The SMILES string of the molecule is NC(Cc1ccccc1)c1ccc2cccc3c2c1CC3. The van der Waals surface area contributed by atoms with E-state index in [0.29, 0.717) is 0 Å². The van der Waals surface area contributed by atoms with Crippen LogP contribution in [0.2, 0.25) is 0 Å². The van der Waals surface area contributed by atoms with Gasteiger partial charge in [0.2, 0.25) is 0 Å². The van der Waals surface area contributed by atoms with Crippen molar-refractivity contribution in [1.82, 2.24) is 0 Å². The first kappa shape index (κ1) is 12.6. The molecule has 1 aliphatic rings. The van der Waals surface area contributed by atoms with Gasteiger partial charge in [-0.1, -0.05) is 60.7 Å². The summed E-state index contributed by atoms with van der Waals surface area (Å²) in [4.78, 5) is 0. The molecule has 104 valence electrons. The van der Waals surface area contributed by atoms with Gasteiger partial charge in [-0.2, -0.15) is 0 Å². The highest BCUT2D eigenvalue weighted by atomic mass is 14.6. The Hall–Kier alpha value is -2.12. The van der Waals surface area contributed by atoms with Crippen molar-refractivity contribution in [2.75, 3.05) is 0 Å². The summed E-state index contributed by atoms with van der Waals surface area (Å²) in [6.45, 7) is 0. The third-order valence-corrected chi connectivity index (χ3v) is 4.62. The van der Waals surface area contributed by atoms with E-state index in [2.05, 4.69) is 60.7 Å². The van der Waals surface area contributed by atoms with E-state index in [4.69, 9.17) is 5.73 Å². The lowest BCUT2D eigenvalue weighted by molar-refractivity contribution is 0.713. The van der Waals surface area contributed by atoms with Crippen LogP contribution in [0.25, 0.3) is 10.8 Å². The molecule has 3 aromatic rings. The van der Waals surface area contributed by atoms with Crippen molar-refractivity contribution in [1.29, 1.82) is 0 Å². The molecule has 0 radical (unpaired) electrons. The molecule has 0 bridgehead atoms. The highest BCUT2D eigenvalue weighted by molar-refractivity contribution is 5.91. The molecule has 21 heavy (non-hydrogen) atoms. The average molecular weight is 273 g/mol. The van der Waals surface area contributed by atoms with E-state index < -0.39 is 0 Å². The van der Waals surface area contributed by atoms with E-state index >= 15 is 0 Å². The molecular formula is C20H19N. The lowest BCUT2D eigenvalue weighted by Crippen LogP contribution is -2.15. The molecule has 1 unspecified atom stereocenters. The molecule has 1 heteroatoms. The van der Waals surface area contributed by atoms with Crippen LogP contribution in [0.5, 0.6) is 0 Å². The average Bonchev–Trinajstić information content (AvgIpc) is 2.95. The first-order valence-corrected chi connectivity index (χ1v) is 7.66. The lowest BCUT2D eigenvalue weighted by Gasteiger charge is -2.16. The maximum Gasteiger partial charge on any atom is 0.0338 e. The Balaban J connectivity index is 1.75. The quantitative estimate of drug-likeness (QED) is 0.761. The summed E-state index contributed by atoms with van der Waals surface area (Å²) in [6.07, 6.45) is 3.19. The number of nitrogens with two attached hydrogens (primary N) is 1. The summed E-state index contributed by atoms with van der Waals surface area (Å²) in [5.74, 6) is 0. The fraction of sp³-hybridized carbons (Fsp3) is 0.200. The third kappa shape index (κ3) is 2.14. The highest BCUT2D eigenvalue weighted by Crippen LogP contribution is 2.35. The van der Waals surface area contributed by atoms with Gasteiger partial charge in [-0.3, -0.25) is 0 Å². The van der Waals surface area contributed by atoms with E-state index in [1.165, 1.54) is 33.0 Å². The van der Waals surface area contributed by atoms with Crippen LogP contribution in [-0.2, 0) is 19.3 Å².